The minimum atomic E-state index is 0.301. The summed E-state index contributed by atoms with van der Waals surface area (Å²) in [5.41, 5.74) is 2.23. The van der Waals surface area contributed by atoms with E-state index < -0.39 is 0 Å². The maximum Gasteiger partial charge on any atom is 0.231 e. The molecule has 5 heteroatoms. The highest BCUT2D eigenvalue weighted by Gasteiger charge is 2.14. The molecule has 1 aliphatic heterocycles. The van der Waals surface area contributed by atoms with Gasteiger partial charge in [0.25, 0.3) is 0 Å². The molecule has 110 valence electrons. The normalized spacial score (nSPS) is 13.0. The minimum absolute atomic E-state index is 0.301. The van der Waals surface area contributed by atoms with E-state index in [1.54, 1.807) is 6.07 Å². The van der Waals surface area contributed by atoms with E-state index in [-0.39, 0.29) is 0 Å². The molecule has 0 aromatic heterocycles. The van der Waals surface area contributed by atoms with Crippen molar-refractivity contribution < 1.29 is 9.47 Å². The van der Waals surface area contributed by atoms with Crippen LogP contribution in [-0.4, -0.2) is 18.7 Å². The lowest BCUT2D eigenvalue weighted by molar-refractivity contribution is 0.174. The van der Waals surface area contributed by atoms with E-state index in [0.29, 0.717) is 16.8 Å². The third kappa shape index (κ3) is 3.43. The van der Waals surface area contributed by atoms with Gasteiger partial charge in [-0.05, 0) is 42.4 Å². The Hall–Kier alpha value is -1.42. The quantitative estimate of drug-likeness (QED) is 0.834. The molecule has 0 atom stereocenters. The molecule has 0 aliphatic carbocycles. The largest absolute Gasteiger partial charge is 0.454 e. The van der Waals surface area contributed by atoms with Gasteiger partial charge in [-0.3, -0.25) is 4.90 Å². The SMILES string of the molecule is CN(Cc1ccc2c(c1)OCO2)Cc1ccc(Cl)cc1Cl. The van der Waals surface area contributed by atoms with Crippen molar-refractivity contribution in [2.75, 3.05) is 13.8 Å². The summed E-state index contributed by atoms with van der Waals surface area (Å²) in [6, 6.07) is 11.6. The molecule has 0 saturated heterocycles. The predicted octanol–water partition coefficient (Wildman–Crippen LogP) is 4.35. The molecule has 1 aliphatic rings. The first-order chi connectivity index (χ1) is 10.1. The van der Waals surface area contributed by atoms with Crippen molar-refractivity contribution in [2.24, 2.45) is 0 Å². The van der Waals surface area contributed by atoms with Crippen LogP contribution >= 0.6 is 23.2 Å². The highest BCUT2D eigenvalue weighted by Crippen LogP contribution is 2.33. The summed E-state index contributed by atoms with van der Waals surface area (Å²) < 4.78 is 10.7. The standard InChI is InChI=1S/C16H15Cl2NO2/c1-19(9-12-3-4-13(17)7-14(12)18)8-11-2-5-15-16(6-11)21-10-20-15/h2-7H,8-10H2,1H3. The summed E-state index contributed by atoms with van der Waals surface area (Å²) in [6.45, 7) is 1.86. The Labute approximate surface area is 134 Å². The average molecular weight is 324 g/mol. The molecule has 0 unspecified atom stereocenters. The number of rotatable bonds is 4. The Morgan fingerprint density at radius 2 is 1.81 bits per heavy atom. The number of hydrogen-bond donors (Lipinski definition) is 0. The third-order valence-corrected chi connectivity index (χ3v) is 3.93. The van der Waals surface area contributed by atoms with Gasteiger partial charge in [-0.1, -0.05) is 35.3 Å². The zero-order valence-corrected chi connectivity index (χ0v) is 13.1. The minimum Gasteiger partial charge on any atom is -0.454 e. The molecule has 0 amide bonds. The predicted molar refractivity (Wildman–Crippen MR) is 84.2 cm³/mol. The highest BCUT2D eigenvalue weighted by atomic mass is 35.5. The molecule has 0 bridgehead atoms. The maximum atomic E-state index is 6.21. The molecule has 0 fully saturated rings. The number of benzene rings is 2. The van der Waals surface area contributed by atoms with Crippen LogP contribution < -0.4 is 9.47 Å². The van der Waals surface area contributed by atoms with Gasteiger partial charge in [-0.2, -0.15) is 0 Å². The van der Waals surface area contributed by atoms with Crippen LogP contribution in [0.5, 0.6) is 11.5 Å². The van der Waals surface area contributed by atoms with Crippen molar-refractivity contribution in [3.05, 3.63) is 57.6 Å². The second-order valence-electron chi connectivity index (χ2n) is 5.10. The molecule has 3 nitrogen and oxygen atoms in total. The van der Waals surface area contributed by atoms with Gasteiger partial charge in [0.2, 0.25) is 6.79 Å². The van der Waals surface area contributed by atoms with E-state index >= 15 is 0 Å². The molecule has 0 radical (unpaired) electrons. The maximum absolute atomic E-state index is 6.21. The zero-order valence-electron chi connectivity index (χ0n) is 11.6. The number of nitrogens with zero attached hydrogens (tertiary/aromatic N) is 1. The van der Waals surface area contributed by atoms with Crippen LogP contribution in [0.4, 0.5) is 0 Å². The van der Waals surface area contributed by atoms with E-state index in [2.05, 4.69) is 11.9 Å². The van der Waals surface area contributed by atoms with Gasteiger partial charge in [0, 0.05) is 23.1 Å². The van der Waals surface area contributed by atoms with Crippen molar-refractivity contribution in [1.82, 2.24) is 4.90 Å². The summed E-state index contributed by atoms with van der Waals surface area (Å²) in [4.78, 5) is 2.19. The van der Waals surface area contributed by atoms with Gasteiger partial charge in [0.05, 0.1) is 0 Å². The monoisotopic (exact) mass is 323 g/mol. The molecule has 0 spiro atoms. The molecule has 0 saturated carbocycles. The second-order valence-corrected chi connectivity index (χ2v) is 5.94. The van der Waals surface area contributed by atoms with E-state index in [0.717, 1.165) is 30.2 Å². The van der Waals surface area contributed by atoms with Gasteiger partial charge in [0.1, 0.15) is 0 Å². The van der Waals surface area contributed by atoms with Gasteiger partial charge < -0.3 is 9.47 Å². The fourth-order valence-electron chi connectivity index (χ4n) is 2.35. The van der Waals surface area contributed by atoms with E-state index in [4.69, 9.17) is 32.7 Å². The molecule has 1 heterocycles. The van der Waals surface area contributed by atoms with E-state index in [1.165, 1.54) is 5.56 Å². The van der Waals surface area contributed by atoms with Crippen LogP contribution in [0.1, 0.15) is 11.1 Å². The van der Waals surface area contributed by atoms with Crippen LogP contribution in [-0.2, 0) is 13.1 Å². The second kappa shape index (κ2) is 6.14. The lowest BCUT2D eigenvalue weighted by Crippen LogP contribution is -2.17. The molecule has 2 aromatic carbocycles. The zero-order chi connectivity index (χ0) is 14.8. The summed E-state index contributed by atoms with van der Waals surface area (Å²) in [5.74, 6) is 1.62. The van der Waals surface area contributed by atoms with Crippen LogP contribution in [0.15, 0.2) is 36.4 Å². The van der Waals surface area contributed by atoms with Gasteiger partial charge in [-0.15, -0.1) is 0 Å². The summed E-state index contributed by atoms with van der Waals surface area (Å²) in [5, 5.41) is 1.35. The number of fused-ring (bicyclic) bond motifs is 1. The Morgan fingerprint density at radius 1 is 1.00 bits per heavy atom. The van der Waals surface area contributed by atoms with Crippen molar-refractivity contribution in [3.63, 3.8) is 0 Å². The fourth-order valence-corrected chi connectivity index (χ4v) is 2.82. The molecule has 3 rings (SSSR count). The molecule has 2 aromatic rings. The highest BCUT2D eigenvalue weighted by molar-refractivity contribution is 6.35. The van der Waals surface area contributed by atoms with Crippen LogP contribution in [0.3, 0.4) is 0 Å². The summed E-state index contributed by atoms with van der Waals surface area (Å²) in [6.07, 6.45) is 0. The van der Waals surface area contributed by atoms with E-state index in [9.17, 15) is 0 Å². The third-order valence-electron chi connectivity index (χ3n) is 3.34. The first-order valence-corrected chi connectivity index (χ1v) is 7.38. The Bertz CT molecular complexity index is 661. The van der Waals surface area contributed by atoms with Crippen molar-refractivity contribution in [1.29, 1.82) is 0 Å². The lowest BCUT2D eigenvalue weighted by Gasteiger charge is -2.18. The Kier molecular flexibility index (Phi) is 4.24. The average Bonchev–Trinajstić information content (AvgIpc) is 2.89. The van der Waals surface area contributed by atoms with Gasteiger partial charge in [-0.25, -0.2) is 0 Å². The van der Waals surface area contributed by atoms with Crippen molar-refractivity contribution >= 4 is 23.2 Å². The van der Waals surface area contributed by atoms with Gasteiger partial charge >= 0.3 is 0 Å². The summed E-state index contributed by atoms with van der Waals surface area (Å²) in [7, 11) is 2.05. The Morgan fingerprint density at radius 3 is 2.62 bits per heavy atom. The van der Waals surface area contributed by atoms with Crippen LogP contribution in [0, 0.1) is 0 Å². The molecular formula is C16H15Cl2NO2. The number of hydrogen-bond acceptors (Lipinski definition) is 3. The lowest BCUT2D eigenvalue weighted by atomic mass is 10.1. The Balaban J connectivity index is 1.67. The molecular weight excluding hydrogens is 309 g/mol. The fraction of sp³-hybridized carbons (Fsp3) is 0.250. The molecule has 21 heavy (non-hydrogen) atoms. The first kappa shape index (κ1) is 14.5. The first-order valence-electron chi connectivity index (χ1n) is 6.63. The topological polar surface area (TPSA) is 21.7 Å². The molecule has 0 N–H and O–H groups in total. The van der Waals surface area contributed by atoms with Crippen LogP contribution in [0.25, 0.3) is 0 Å². The van der Waals surface area contributed by atoms with Crippen molar-refractivity contribution in [2.45, 2.75) is 13.1 Å². The number of halogens is 2. The summed E-state index contributed by atoms with van der Waals surface area (Å²) >= 11 is 12.1. The van der Waals surface area contributed by atoms with Crippen molar-refractivity contribution in [3.8, 4) is 11.5 Å². The smallest absolute Gasteiger partial charge is 0.231 e. The van der Waals surface area contributed by atoms with Gasteiger partial charge in [0.15, 0.2) is 11.5 Å². The van der Waals surface area contributed by atoms with Crippen LogP contribution in [0.2, 0.25) is 10.0 Å². The number of ether oxygens (including phenoxy) is 2. The van der Waals surface area contributed by atoms with E-state index in [1.807, 2.05) is 30.3 Å².